The molecule has 3 aromatic rings. The molecule has 1 N–H and O–H groups in total. The summed E-state index contributed by atoms with van der Waals surface area (Å²) in [7, 11) is 0. The number of anilines is 1. The summed E-state index contributed by atoms with van der Waals surface area (Å²) in [5, 5.41) is 8.11. The molecule has 6 nitrogen and oxygen atoms in total. The molecule has 6 heteroatoms. The number of aromatic nitrogens is 3. The van der Waals surface area contributed by atoms with Crippen LogP contribution in [0.25, 0.3) is 11.0 Å². The molecule has 0 saturated carbocycles. The first-order valence-corrected chi connectivity index (χ1v) is 8.44. The Labute approximate surface area is 146 Å². The van der Waals surface area contributed by atoms with Crippen molar-refractivity contribution in [2.24, 2.45) is 0 Å². The van der Waals surface area contributed by atoms with Gasteiger partial charge in [-0.1, -0.05) is 25.1 Å². The minimum Gasteiger partial charge on any atom is -0.481 e. The van der Waals surface area contributed by atoms with E-state index in [-0.39, 0.29) is 11.9 Å². The van der Waals surface area contributed by atoms with E-state index in [1.54, 1.807) is 12.4 Å². The van der Waals surface area contributed by atoms with E-state index in [1.165, 1.54) is 0 Å². The first kappa shape index (κ1) is 17.0. The number of benzene rings is 1. The number of ether oxygens (including phenoxy) is 1. The Morgan fingerprint density at radius 1 is 1.24 bits per heavy atom. The van der Waals surface area contributed by atoms with Gasteiger partial charge in [0.05, 0.1) is 18.1 Å². The Bertz CT molecular complexity index is 858. The van der Waals surface area contributed by atoms with Crippen LogP contribution in [0.15, 0.2) is 48.8 Å². The smallest absolute Gasteiger partial charge is 0.265 e. The minimum atomic E-state index is -0.559. The maximum absolute atomic E-state index is 12.5. The van der Waals surface area contributed by atoms with Gasteiger partial charge in [0.15, 0.2) is 11.8 Å². The Kier molecular flexibility index (Phi) is 4.97. The van der Waals surface area contributed by atoms with E-state index in [0.717, 1.165) is 11.0 Å². The molecule has 0 fully saturated rings. The second-order valence-corrected chi connectivity index (χ2v) is 6.14. The van der Waals surface area contributed by atoms with E-state index < -0.39 is 6.10 Å². The zero-order chi connectivity index (χ0) is 17.8. The number of fused-ring (bicyclic) bond motifs is 1. The first-order valence-electron chi connectivity index (χ1n) is 8.44. The van der Waals surface area contributed by atoms with Gasteiger partial charge in [-0.2, -0.15) is 5.10 Å². The average Bonchev–Trinajstić information content (AvgIpc) is 3.04. The highest BCUT2D eigenvalue weighted by Crippen LogP contribution is 2.20. The zero-order valence-electron chi connectivity index (χ0n) is 14.6. The van der Waals surface area contributed by atoms with Gasteiger partial charge in [0, 0.05) is 11.4 Å². The van der Waals surface area contributed by atoms with E-state index in [4.69, 9.17) is 4.74 Å². The maximum Gasteiger partial charge on any atom is 0.265 e. The monoisotopic (exact) mass is 338 g/mol. The van der Waals surface area contributed by atoms with E-state index in [0.29, 0.717) is 17.9 Å². The van der Waals surface area contributed by atoms with Gasteiger partial charge in [-0.05, 0) is 38.5 Å². The van der Waals surface area contributed by atoms with Gasteiger partial charge in [-0.3, -0.25) is 4.79 Å². The number of pyridine rings is 1. The van der Waals surface area contributed by atoms with Crippen LogP contribution >= 0.6 is 0 Å². The highest BCUT2D eigenvalue weighted by atomic mass is 16.5. The summed E-state index contributed by atoms with van der Waals surface area (Å²) in [5.41, 5.74) is 1.44. The van der Waals surface area contributed by atoms with E-state index in [9.17, 15) is 4.79 Å². The molecular formula is C19H22N4O2. The van der Waals surface area contributed by atoms with Crippen molar-refractivity contribution in [2.75, 3.05) is 5.32 Å². The summed E-state index contributed by atoms with van der Waals surface area (Å²) in [4.78, 5) is 16.9. The number of nitrogens with one attached hydrogen (secondary N) is 1. The Morgan fingerprint density at radius 2 is 2.00 bits per heavy atom. The van der Waals surface area contributed by atoms with Crippen molar-refractivity contribution in [3.05, 3.63) is 48.8 Å². The molecule has 3 rings (SSSR count). The lowest BCUT2D eigenvalue weighted by Crippen LogP contribution is -2.32. The van der Waals surface area contributed by atoms with Gasteiger partial charge in [-0.25, -0.2) is 9.67 Å². The summed E-state index contributed by atoms with van der Waals surface area (Å²) in [6.07, 6.45) is 3.42. The average molecular weight is 338 g/mol. The largest absolute Gasteiger partial charge is 0.481 e. The Balaban J connectivity index is 1.74. The number of rotatable bonds is 6. The van der Waals surface area contributed by atoms with Crippen LogP contribution in [0, 0.1) is 0 Å². The van der Waals surface area contributed by atoms with Crippen molar-refractivity contribution in [3.63, 3.8) is 0 Å². The lowest BCUT2D eigenvalue weighted by Gasteiger charge is -2.17. The summed E-state index contributed by atoms with van der Waals surface area (Å²) in [5.74, 6) is 0.486. The molecule has 0 bridgehead atoms. The summed E-state index contributed by atoms with van der Waals surface area (Å²) < 4.78 is 7.63. The molecule has 0 spiro atoms. The van der Waals surface area contributed by atoms with Crippen LogP contribution in [0.3, 0.4) is 0 Å². The lowest BCUT2D eigenvalue weighted by molar-refractivity contribution is -0.122. The molecular weight excluding hydrogens is 316 g/mol. The van der Waals surface area contributed by atoms with Crippen LogP contribution in [0.2, 0.25) is 0 Å². The molecule has 25 heavy (non-hydrogen) atoms. The molecule has 0 aliphatic carbocycles. The van der Waals surface area contributed by atoms with Crippen molar-refractivity contribution >= 4 is 22.6 Å². The van der Waals surface area contributed by atoms with Gasteiger partial charge in [0.2, 0.25) is 0 Å². The third-order valence-electron chi connectivity index (χ3n) is 3.87. The fourth-order valence-electron chi connectivity index (χ4n) is 2.59. The van der Waals surface area contributed by atoms with Crippen LogP contribution < -0.4 is 10.1 Å². The van der Waals surface area contributed by atoms with Gasteiger partial charge in [0.25, 0.3) is 5.91 Å². The molecule has 1 unspecified atom stereocenters. The van der Waals surface area contributed by atoms with Gasteiger partial charge < -0.3 is 10.1 Å². The lowest BCUT2D eigenvalue weighted by atomic mass is 10.2. The van der Waals surface area contributed by atoms with Crippen molar-refractivity contribution in [2.45, 2.75) is 39.3 Å². The third kappa shape index (κ3) is 3.79. The van der Waals surface area contributed by atoms with Crippen LogP contribution in [0.4, 0.5) is 5.69 Å². The van der Waals surface area contributed by atoms with E-state index in [2.05, 4.69) is 29.2 Å². The predicted molar refractivity (Wildman–Crippen MR) is 97.7 cm³/mol. The van der Waals surface area contributed by atoms with Crippen molar-refractivity contribution < 1.29 is 9.53 Å². The first-order chi connectivity index (χ1) is 12.1. The Hall–Kier alpha value is -2.89. The van der Waals surface area contributed by atoms with Crippen LogP contribution in [-0.2, 0) is 4.79 Å². The Morgan fingerprint density at radius 3 is 2.68 bits per heavy atom. The van der Waals surface area contributed by atoms with Crippen LogP contribution in [-0.4, -0.2) is 26.8 Å². The van der Waals surface area contributed by atoms with Crippen LogP contribution in [0.5, 0.6) is 5.75 Å². The van der Waals surface area contributed by atoms with Crippen molar-refractivity contribution in [1.29, 1.82) is 0 Å². The van der Waals surface area contributed by atoms with Gasteiger partial charge in [-0.15, -0.1) is 0 Å². The highest BCUT2D eigenvalue weighted by molar-refractivity contribution is 5.95. The van der Waals surface area contributed by atoms with Crippen molar-refractivity contribution in [1.82, 2.24) is 14.8 Å². The number of hydrogen-bond acceptors (Lipinski definition) is 4. The second kappa shape index (κ2) is 7.34. The molecule has 130 valence electrons. The molecule has 0 aliphatic heterocycles. The molecule has 2 heterocycles. The second-order valence-electron chi connectivity index (χ2n) is 6.14. The summed E-state index contributed by atoms with van der Waals surface area (Å²) in [6, 6.07) is 11.4. The van der Waals surface area contributed by atoms with E-state index in [1.807, 2.05) is 48.0 Å². The van der Waals surface area contributed by atoms with Gasteiger partial charge in [0.1, 0.15) is 5.75 Å². The standard InChI is InChI=1S/C19H22N4O2/c1-4-17(25-16-8-6-5-7-9-16)19(24)22-15-10-14-11-21-23(13(2)3)18(14)20-12-15/h5-13,17H,4H2,1-3H3,(H,22,24). The van der Waals surface area contributed by atoms with Crippen molar-refractivity contribution in [3.8, 4) is 5.75 Å². The highest BCUT2D eigenvalue weighted by Gasteiger charge is 2.19. The van der Waals surface area contributed by atoms with Gasteiger partial charge >= 0.3 is 0 Å². The molecule has 1 atom stereocenters. The quantitative estimate of drug-likeness (QED) is 0.742. The topological polar surface area (TPSA) is 69.0 Å². The van der Waals surface area contributed by atoms with E-state index >= 15 is 0 Å². The molecule has 0 aliphatic rings. The number of hydrogen-bond donors (Lipinski definition) is 1. The maximum atomic E-state index is 12.5. The number of para-hydroxylation sites is 1. The molecule has 1 aromatic carbocycles. The number of carbonyl (C=O) groups is 1. The summed E-state index contributed by atoms with van der Waals surface area (Å²) in [6.45, 7) is 6.02. The normalized spacial score (nSPS) is 12.3. The fraction of sp³-hybridized carbons (Fsp3) is 0.316. The minimum absolute atomic E-state index is 0.191. The number of amides is 1. The third-order valence-corrected chi connectivity index (χ3v) is 3.87. The molecule has 1 amide bonds. The predicted octanol–water partition coefficient (Wildman–Crippen LogP) is 3.81. The number of nitrogens with zero attached hydrogens (tertiary/aromatic N) is 3. The van der Waals surface area contributed by atoms with Crippen LogP contribution in [0.1, 0.15) is 33.2 Å². The summed E-state index contributed by atoms with van der Waals surface area (Å²) >= 11 is 0. The molecule has 0 saturated heterocycles. The number of carbonyl (C=O) groups excluding carboxylic acids is 1. The zero-order valence-corrected chi connectivity index (χ0v) is 14.6. The SMILES string of the molecule is CCC(Oc1ccccc1)C(=O)Nc1cnc2c(cnn2C(C)C)c1. The molecule has 0 radical (unpaired) electrons. The fourth-order valence-corrected chi connectivity index (χ4v) is 2.59. The molecule has 2 aromatic heterocycles.